The molecule has 126 valence electrons. The fraction of sp³-hybridized carbons (Fsp3) is 0.136. The lowest BCUT2D eigenvalue weighted by atomic mass is 9.91. The van der Waals surface area contributed by atoms with E-state index >= 15 is 0 Å². The number of hydrogen-bond acceptors (Lipinski definition) is 3. The molecular formula is C22H19O3-. The van der Waals surface area contributed by atoms with E-state index in [1.54, 1.807) is 12.1 Å². The van der Waals surface area contributed by atoms with Gasteiger partial charge >= 0.3 is 0 Å². The van der Waals surface area contributed by atoms with Crippen LogP contribution in [0.3, 0.4) is 0 Å². The second kappa shape index (κ2) is 8.15. The van der Waals surface area contributed by atoms with E-state index in [1.807, 2.05) is 72.8 Å². The van der Waals surface area contributed by atoms with Crippen LogP contribution >= 0.6 is 0 Å². The smallest absolute Gasteiger partial charge is 0.123 e. The quantitative estimate of drug-likeness (QED) is 0.667. The van der Waals surface area contributed by atoms with Gasteiger partial charge < -0.3 is 14.6 Å². The van der Waals surface area contributed by atoms with E-state index in [4.69, 9.17) is 4.74 Å². The van der Waals surface area contributed by atoms with E-state index in [2.05, 4.69) is 0 Å². The molecule has 1 atom stereocenters. The molecule has 0 aromatic heterocycles. The Labute approximate surface area is 147 Å². The Hall–Kier alpha value is -3.07. The van der Waals surface area contributed by atoms with Crippen LogP contribution in [0.25, 0.3) is 0 Å². The molecule has 1 unspecified atom stereocenters. The molecule has 3 rings (SSSR count). The summed E-state index contributed by atoms with van der Waals surface area (Å²) in [7, 11) is 0. The van der Waals surface area contributed by atoms with Gasteiger partial charge in [-0.15, -0.1) is 0 Å². The van der Waals surface area contributed by atoms with E-state index in [9.17, 15) is 9.90 Å². The summed E-state index contributed by atoms with van der Waals surface area (Å²) in [5.74, 6) is -1.27. The predicted octanol–water partition coefficient (Wildman–Crippen LogP) is 3.34. The second-order valence-corrected chi connectivity index (χ2v) is 5.87. The number of para-hydroxylation sites is 1. The molecule has 3 aromatic carbocycles. The lowest BCUT2D eigenvalue weighted by molar-refractivity contribution is -0.308. The largest absolute Gasteiger partial charge is 0.549 e. The number of aliphatic carboxylic acids is 1. The third kappa shape index (κ3) is 4.48. The lowest BCUT2D eigenvalue weighted by Gasteiger charge is -2.22. The van der Waals surface area contributed by atoms with Gasteiger partial charge in [-0.25, -0.2) is 0 Å². The van der Waals surface area contributed by atoms with Crippen molar-refractivity contribution >= 4 is 5.97 Å². The molecule has 0 N–H and O–H groups in total. The summed E-state index contributed by atoms with van der Waals surface area (Å²) >= 11 is 0. The summed E-state index contributed by atoms with van der Waals surface area (Å²) in [5.41, 5.74) is 2.63. The predicted molar refractivity (Wildman–Crippen MR) is 95.1 cm³/mol. The van der Waals surface area contributed by atoms with E-state index in [0.717, 1.165) is 11.1 Å². The first kappa shape index (κ1) is 16.8. The summed E-state index contributed by atoms with van der Waals surface area (Å²) in [6, 6.07) is 26.6. The van der Waals surface area contributed by atoms with Crippen LogP contribution in [0.1, 0.15) is 22.6 Å². The van der Waals surface area contributed by atoms with E-state index in [-0.39, 0.29) is 0 Å². The van der Waals surface area contributed by atoms with Gasteiger partial charge in [0, 0.05) is 17.5 Å². The van der Waals surface area contributed by atoms with Gasteiger partial charge in [-0.1, -0.05) is 78.9 Å². The Kier molecular flexibility index (Phi) is 5.47. The molecule has 0 radical (unpaired) electrons. The zero-order valence-electron chi connectivity index (χ0n) is 13.8. The van der Waals surface area contributed by atoms with Crippen LogP contribution in [-0.2, 0) is 17.8 Å². The fourth-order valence-corrected chi connectivity index (χ4v) is 2.81. The Morgan fingerprint density at radius 2 is 1.36 bits per heavy atom. The summed E-state index contributed by atoms with van der Waals surface area (Å²) in [4.78, 5) is 11.8. The number of ether oxygens (including phenoxy) is 1. The molecule has 0 fully saturated rings. The second-order valence-electron chi connectivity index (χ2n) is 5.87. The molecule has 0 heterocycles. The van der Waals surface area contributed by atoms with E-state index in [1.165, 1.54) is 0 Å². The molecule has 0 bridgehead atoms. The maximum Gasteiger partial charge on any atom is 0.123 e. The Balaban J connectivity index is 1.82. The van der Waals surface area contributed by atoms with Crippen LogP contribution in [0.2, 0.25) is 0 Å². The third-order valence-electron chi connectivity index (χ3n) is 4.10. The Morgan fingerprint density at radius 1 is 0.800 bits per heavy atom. The van der Waals surface area contributed by atoms with Gasteiger partial charge in [-0.3, -0.25) is 0 Å². The number of rotatable bonds is 7. The number of carbonyl (C=O) groups excluding carboxylic acids is 1. The van der Waals surface area contributed by atoms with Crippen molar-refractivity contribution in [3.05, 3.63) is 102 Å². The van der Waals surface area contributed by atoms with Crippen molar-refractivity contribution in [3.8, 4) is 5.75 Å². The molecule has 0 aliphatic carbocycles. The Morgan fingerprint density at radius 3 is 2.00 bits per heavy atom. The van der Waals surface area contributed by atoms with Gasteiger partial charge in [0.1, 0.15) is 12.4 Å². The molecule has 0 saturated carbocycles. The van der Waals surface area contributed by atoms with Gasteiger partial charge in [0.2, 0.25) is 0 Å². The normalized spacial score (nSPS) is 11.7. The zero-order chi connectivity index (χ0) is 17.5. The molecule has 0 amide bonds. The topological polar surface area (TPSA) is 49.4 Å². The first-order valence-electron chi connectivity index (χ1n) is 8.24. The van der Waals surface area contributed by atoms with Gasteiger partial charge in [-0.2, -0.15) is 0 Å². The van der Waals surface area contributed by atoms with E-state index < -0.39 is 11.9 Å². The first-order valence-corrected chi connectivity index (χ1v) is 8.24. The van der Waals surface area contributed by atoms with E-state index in [0.29, 0.717) is 24.3 Å². The van der Waals surface area contributed by atoms with Crippen molar-refractivity contribution in [2.24, 2.45) is 0 Å². The summed E-state index contributed by atoms with van der Waals surface area (Å²) in [6.45, 7) is 0.392. The zero-order valence-corrected chi connectivity index (χ0v) is 13.8. The molecule has 3 aromatic rings. The molecular weight excluding hydrogens is 312 g/mol. The highest BCUT2D eigenvalue weighted by atomic mass is 16.5. The van der Waals surface area contributed by atoms with Crippen LogP contribution in [0.5, 0.6) is 5.75 Å². The van der Waals surface area contributed by atoms with Crippen LogP contribution in [0.15, 0.2) is 84.9 Å². The number of hydrogen-bond donors (Lipinski definition) is 0. The van der Waals surface area contributed by atoms with Gasteiger partial charge in [0.15, 0.2) is 0 Å². The molecule has 0 aliphatic heterocycles. The Bertz CT molecular complexity index is 813. The number of carbonyl (C=O) groups is 1. The highest BCUT2D eigenvalue weighted by Gasteiger charge is 2.18. The molecule has 0 spiro atoms. The van der Waals surface area contributed by atoms with Crippen molar-refractivity contribution in [2.45, 2.75) is 18.9 Å². The monoisotopic (exact) mass is 331 g/mol. The molecule has 25 heavy (non-hydrogen) atoms. The van der Waals surface area contributed by atoms with Gasteiger partial charge in [0.05, 0.1) is 0 Å². The number of carboxylic acids is 1. The average molecular weight is 331 g/mol. The van der Waals surface area contributed by atoms with Crippen molar-refractivity contribution in [2.75, 3.05) is 0 Å². The third-order valence-corrected chi connectivity index (χ3v) is 4.10. The summed E-state index contributed by atoms with van der Waals surface area (Å²) in [5, 5.41) is 11.8. The minimum Gasteiger partial charge on any atom is -0.549 e. The number of benzene rings is 3. The standard InChI is InChI=1S/C22H20O3/c23-22(24)20(15-17-9-3-1-4-10-17)19-13-7-8-14-21(19)25-16-18-11-5-2-6-12-18/h1-14,20H,15-16H2,(H,23,24)/p-1. The van der Waals surface area contributed by atoms with Crippen molar-refractivity contribution in [1.82, 2.24) is 0 Å². The highest BCUT2D eigenvalue weighted by Crippen LogP contribution is 2.29. The van der Waals surface area contributed by atoms with Crippen LogP contribution in [0.4, 0.5) is 0 Å². The van der Waals surface area contributed by atoms with Crippen molar-refractivity contribution in [1.29, 1.82) is 0 Å². The highest BCUT2D eigenvalue weighted by molar-refractivity contribution is 5.75. The molecule has 3 heteroatoms. The van der Waals surface area contributed by atoms with Gasteiger partial charge in [-0.05, 0) is 23.6 Å². The summed E-state index contributed by atoms with van der Waals surface area (Å²) < 4.78 is 5.90. The lowest BCUT2D eigenvalue weighted by Crippen LogP contribution is -2.31. The summed E-state index contributed by atoms with van der Waals surface area (Å²) in [6.07, 6.45) is 0.370. The molecule has 3 nitrogen and oxygen atoms in total. The van der Waals surface area contributed by atoms with Crippen LogP contribution in [0, 0.1) is 0 Å². The van der Waals surface area contributed by atoms with Crippen LogP contribution in [-0.4, -0.2) is 5.97 Å². The average Bonchev–Trinajstić information content (AvgIpc) is 2.66. The number of carboxylic acid groups (broad SMARTS) is 1. The molecule has 0 saturated heterocycles. The minimum absolute atomic E-state index is 0.370. The molecule has 0 aliphatic rings. The van der Waals surface area contributed by atoms with Crippen molar-refractivity contribution < 1.29 is 14.6 Å². The maximum atomic E-state index is 11.8. The maximum absolute atomic E-state index is 11.8. The fourth-order valence-electron chi connectivity index (χ4n) is 2.81. The van der Waals surface area contributed by atoms with Gasteiger partial charge in [0.25, 0.3) is 0 Å². The first-order chi connectivity index (χ1) is 12.2. The van der Waals surface area contributed by atoms with Crippen LogP contribution < -0.4 is 9.84 Å². The SMILES string of the molecule is O=C([O-])C(Cc1ccccc1)c1ccccc1OCc1ccccc1. The minimum atomic E-state index is -1.10. The van der Waals surface area contributed by atoms with Crippen molar-refractivity contribution in [3.63, 3.8) is 0 Å².